The van der Waals surface area contributed by atoms with Crippen LogP contribution in [0.2, 0.25) is 0 Å². The van der Waals surface area contributed by atoms with E-state index < -0.39 is 17.6 Å². The van der Waals surface area contributed by atoms with Crippen LogP contribution in [0.15, 0.2) is 126 Å². The number of carbonyl (C=O) groups excluding carboxylic acids is 2. The summed E-state index contributed by atoms with van der Waals surface area (Å²) in [5.74, 6) is -0.581. The van der Waals surface area contributed by atoms with Crippen LogP contribution in [0.25, 0.3) is 0 Å². The Morgan fingerprint density at radius 1 is 0.692 bits per heavy atom. The van der Waals surface area contributed by atoms with Crippen molar-refractivity contribution in [3.05, 3.63) is 132 Å². The molecular formula is C34H34N2O3. The first-order valence-corrected chi connectivity index (χ1v) is 13.2. The number of carbonyl (C=O) groups is 2. The molecule has 0 saturated heterocycles. The molecule has 0 aromatic heterocycles. The molecule has 5 heteroatoms. The molecule has 198 valence electrons. The number of hydrogen-bond donors (Lipinski definition) is 0. The lowest BCUT2D eigenvalue weighted by Crippen LogP contribution is -2.33. The van der Waals surface area contributed by atoms with E-state index in [2.05, 4.69) is 0 Å². The van der Waals surface area contributed by atoms with E-state index >= 15 is 0 Å². The fraction of sp³-hybridized carbons (Fsp3) is 0.206. The zero-order valence-electron chi connectivity index (χ0n) is 22.7. The average molecular weight is 519 g/mol. The Hall–Kier alpha value is -4.51. The van der Waals surface area contributed by atoms with Crippen molar-refractivity contribution >= 4 is 29.0 Å². The highest BCUT2D eigenvalue weighted by molar-refractivity contribution is 6.13. The molecule has 4 aromatic carbocycles. The molecule has 39 heavy (non-hydrogen) atoms. The van der Waals surface area contributed by atoms with Gasteiger partial charge in [-0.25, -0.2) is 4.79 Å². The van der Waals surface area contributed by atoms with Gasteiger partial charge < -0.3 is 4.74 Å². The fourth-order valence-electron chi connectivity index (χ4n) is 4.23. The molecule has 0 unspecified atom stereocenters. The number of benzene rings is 4. The second-order valence-corrected chi connectivity index (χ2v) is 10.2. The summed E-state index contributed by atoms with van der Waals surface area (Å²) < 4.78 is 5.76. The van der Waals surface area contributed by atoms with Crippen LogP contribution in [0.1, 0.15) is 44.7 Å². The van der Waals surface area contributed by atoms with Gasteiger partial charge in [-0.3, -0.25) is 14.7 Å². The van der Waals surface area contributed by atoms with E-state index in [0.717, 1.165) is 22.5 Å². The van der Waals surface area contributed by atoms with Gasteiger partial charge in [0.05, 0.1) is 5.71 Å². The third-order valence-corrected chi connectivity index (χ3v) is 5.97. The highest BCUT2D eigenvalue weighted by Gasteiger charge is 2.28. The summed E-state index contributed by atoms with van der Waals surface area (Å²) >= 11 is 0. The van der Waals surface area contributed by atoms with Gasteiger partial charge in [-0.2, -0.15) is 0 Å². The van der Waals surface area contributed by atoms with Crippen molar-refractivity contribution in [2.45, 2.75) is 45.3 Å². The highest BCUT2D eigenvalue weighted by Crippen LogP contribution is 2.27. The minimum absolute atomic E-state index is 0.105. The van der Waals surface area contributed by atoms with E-state index in [9.17, 15) is 9.59 Å². The maximum absolute atomic E-state index is 13.7. The maximum atomic E-state index is 13.7. The largest absolute Gasteiger partial charge is 0.458 e. The molecule has 1 amide bonds. The smallest absolute Gasteiger partial charge is 0.331 e. The molecule has 0 fully saturated rings. The van der Waals surface area contributed by atoms with Crippen molar-refractivity contribution in [1.29, 1.82) is 0 Å². The van der Waals surface area contributed by atoms with Crippen molar-refractivity contribution < 1.29 is 14.3 Å². The summed E-state index contributed by atoms with van der Waals surface area (Å²) in [4.78, 5) is 33.8. The van der Waals surface area contributed by atoms with E-state index in [1.54, 1.807) is 4.90 Å². The minimum Gasteiger partial charge on any atom is -0.458 e. The second kappa shape index (κ2) is 12.8. The van der Waals surface area contributed by atoms with Crippen LogP contribution in [0.5, 0.6) is 0 Å². The summed E-state index contributed by atoms with van der Waals surface area (Å²) in [6, 6.07) is 37.7. The van der Waals surface area contributed by atoms with Gasteiger partial charge in [-0.1, -0.05) is 97.1 Å². The van der Waals surface area contributed by atoms with Gasteiger partial charge in [0.15, 0.2) is 0 Å². The summed E-state index contributed by atoms with van der Waals surface area (Å²) in [5.41, 5.74) is 3.30. The highest BCUT2D eigenvalue weighted by atomic mass is 16.6. The first kappa shape index (κ1) is 27.5. The van der Waals surface area contributed by atoms with E-state index in [1.165, 1.54) is 0 Å². The third kappa shape index (κ3) is 7.74. The molecular weight excluding hydrogens is 484 g/mol. The summed E-state index contributed by atoms with van der Waals surface area (Å²) in [6.07, 6.45) is 0.307. The number of anilines is 2. The summed E-state index contributed by atoms with van der Waals surface area (Å²) in [7, 11) is 0. The molecule has 0 radical (unpaired) electrons. The van der Waals surface area contributed by atoms with Gasteiger partial charge in [0.2, 0.25) is 5.91 Å². The van der Waals surface area contributed by atoms with Gasteiger partial charge in [-0.05, 0) is 51.5 Å². The van der Waals surface area contributed by atoms with E-state index in [4.69, 9.17) is 9.73 Å². The van der Waals surface area contributed by atoms with Crippen LogP contribution < -0.4 is 4.90 Å². The Bertz CT molecular complexity index is 1300. The number of para-hydroxylation sites is 2. The zero-order valence-corrected chi connectivity index (χ0v) is 22.7. The first-order chi connectivity index (χ1) is 18.8. The number of rotatable bonds is 9. The normalized spacial score (nSPS) is 11.8. The van der Waals surface area contributed by atoms with Gasteiger partial charge in [0, 0.05) is 28.9 Å². The predicted octanol–water partition coefficient (Wildman–Crippen LogP) is 7.38. The Kier molecular flexibility index (Phi) is 9.06. The van der Waals surface area contributed by atoms with Crippen LogP contribution in [-0.2, 0) is 14.3 Å². The van der Waals surface area contributed by atoms with E-state index in [1.807, 2.05) is 142 Å². The van der Waals surface area contributed by atoms with Crippen molar-refractivity contribution in [3.8, 4) is 0 Å². The quantitative estimate of drug-likeness (QED) is 0.172. The molecule has 1 atom stereocenters. The summed E-state index contributed by atoms with van der Waals surface area (Å²) in [6.45, 7) is 5.50. The Morgan fingerprint density at radius 2 is 1.10 bits per heavy atom. The fourth-order valence-corrected chi connectivity index (χ4v) is 4.23. The standard InChI is InChI=1S/C34H34N2O3/c1-34(2,3)39-33(38)30(35-32(26-16-8-4-9-17-26)27-18-10-5-11-19-27)24-25-31(37)36(28-20-12-6-13-21-28)29-22-14-7-15-23-29/h4-23,30H,24-25H2,1-3H3/t30-/m0/s1. The third-order valence-electron chi connectivity index (χ3n) is 5.97. The molecule has 5 nitrogen and oxygen atoms in total. The van der Waals surface area contributed by atoms with E-state index in [-0.39, 0.29) is 18.7 Å². The Morgan fingerprint density at radius 3 is 1.51 bits per heavy atom. The lowest BCUT2D eigenvalue weighted by Gasteiger charge is -2.25. The van der Waals surface area contributed by atoms with Gasteiger partial charge in [0.1, 0.15) is 11.6 Å². The predicted molar refractivity (Wildman–Crippen MR) is 157 cm³/mol. The van der Waals surface area contributed by atoms with Crippen molar-refractivity contribution in [1.82, 2.24) is 0 Å². The van der Waals surface area contributed by atoms with Crippen LogP contribution in [0.4, 0.5) is 11.4 Å². The Labute approximate surface area is 230 Å². The monoisotopic (exact) mass is 518 g/mol. The molecule has 0 bridgehead atoms. The second-order valence-electron chi connectivity index (χ2n) is 10.2. The van der Waals surface area contributed by atoms with Crippen LogP contribution in [0.3, 0.4) is 0 Å². The first-order valence-electron chi connectivity index (χ1n) is 13.2. The Balaban J connectivity index is 1.68. The van der Waals surface area contributed by atoms with Crippen molar-refractivity contribution in [3.63, 3.8) is 0 Å². The lowest BCUT2D eigenvalue weighted by atomic mass is 10.0. The molecule has 0 heterocycles. The van der Waals surface area contributed by atoms with Crippen LogP contribution >= 0.6 is 0 Å². The van der Waals surface area contributed by atoms with E-state index in [0.29, 0.717) is 5.71 Å². The lowest BCUT2D eigenvalue weighted by molar-refractivity contribution is -0.156. The molecule has 0 N–H and O–H groups in total. The van der Waals surface area contributed by atoms with Crippen molar-refractivity contribution in [2.75, 3.05) is 4.90 Å². The van der Waals surface area contributed by atoms with Gasteiger partial charge in [-0.15, -0.1) is 0 Å². The minimum atomic E-state index is -0.864. The molecule has 0 saturated carbocycles. The number of nitrogens with zero attached hydrogens (tertiary/aromatic N) is 2. The molecule has 0 aliphatic heterocycles. The maximum Gasteiger partial charge on any atom is 0.331 e. The molecule has 4 rings (SSSR count). The number of esters is 1. The number of ether oxygens (including phenoxy) is 1. The van der Waals surface area contributed by atoms with Crippen molar-refractivity contribution in [2.24, 2.45) is 4.99 Å². The molecule has 4 aromatic rings. The number of amides is 1. The molecule has 0 aliphatic carbocycles. The van der Waals surface area contributed by atoms with Crippen LogP contribution in [-0.4, -0.2) is 29.2 Å². The van der Waals surface area contributed by atoms with Crippen LogP contribution in [0, 0.1) is 0 Å². The molecule has 0 aliphatic rings. The SMILES string of the molecule is CC(C)(C)OC(=O)[C@H](CCC(=O)N(c1ccccc1)c1ccccc1)N=C(c1ccccc1)c1ccccc1. The zero-order chi connectivity index (χ0) is 27.7. The number of aliphatic imine (C=N–C) groups is 1. The topological polar surface area (TPSA) is 59.0 Å². The molecule has 0 spiro atoms. The van der Waals surface area contributed by atoms with Gasteiger partial charge >= 0.3 is 5.97 Å². The summed E-state index contributed by atoms with van der Waals surface area (Å²) in [5, 5.41) is 0. The average Bonchev–Trinajstić information content (AvgIpc) is 2.94. The number of hydrogen-bond acceptors (Lipinski definition) is 4. The van der Waals surface area contributed by atoms with Gasteiger partial charge in [0.25, 0.3) is 0 Å².